The van der Waals surface area contributed by atoms with Crippen molar-refractivity contribution >= 4 is 9.53 Å². The maximum atomic E-state index is 6.28. The minimum absolute atomic E-state index is 0.515. The molecule has 0 aliphatic rings. The summed E-state index contributed by atoms with van der Waals surface area (Å²) in [6.45, 7) is 17.9. The lowest BCUT2D eigenvalue weighted by atomic mass is 9.89. The summed E-state index contributed by atoms with van der Waals surface area (Å²) in [7, 11) is 2.32. The van der Waals surface area contributed by atoms with Gasteiger partial charge in [-0.2, -0.15) is 0 Å². The first-order valence-corrected chi connectivity index (χ1v) is 12.6. The molecule has 0 aliphatic carbocycles. The minimum atomic E-state index is -2.02. The van der Waals surface area contributed by atoms with Gasteiger partial charge in [-0.1, -0.05) is 41.0 Å². The van der Waals surface area contributed by atoms with E-state index in [1.807, 2.05) is 0 Å². The zero-order valence-corrected chi connectivity index (χ0v) is 20.5. The van der Waals surface area contributed by atoms with Gasteiger partial charge in [0.25, 0.3) is 0 Å². The molecule has 0 aromatic carbocycles. The zero-order chi connectivity index (χ0) is 20.5. The normalized spacial score (nSPS) is 14.4. The summed E-state index contributed by atoms with van der Waals surface area (Å²) in [5.41, 5.74) is 0. The van der Waals surface area contributed by atoms with Gasteiger partial charge in [0.1, 0.15) is 0 Å². The molecule has 164 valence electrons. The van der Waals surface area contributed by atoms with E-state index in [1.165, 1.54) is 32.4 Å². The topological polar surface area (TPSA) is 34.2 Å². The average Bonchev–Trinajstić information content (AvgIpc) is 2.64. The minimum Gasteiger partial charge on any atom is -0.376 e. The summed E-state index contributed by atoms with van der Waals surface area (Å²) in [4.78, 5) is 4.92. The molecule has 27 heavy (non-hydrogen) atoms. The standard InChI is InChI=1S/C21H48N2O3Si/c1-8-13-23(14-9-2)18-21(20(12-5)17-22(6)7)19-26-27(24-15-10-3)25-16-11-4/h20-21,27H,8-19H2,1-7H3. The first-order chi connectivity index (χ1) is 13.0. The van der Waals surface area contributed by atoms with Crippen LogP contribution in [0.2, 0.25) is 0 Å². The van der Waals surface area contributed by atoms with Gasteiger partial charge in [-0.15, -0.1) is 0 Å². The van der Waals surface area contributed by atoms with Crippen LogP contribution in [0.15, 0.2) is 0 Å². The molecule has 0 fully saturated rings. The zero-order valence-electron chi connectivity index (χ0n) is 19.3. The van der Waals surface area contributed by atoms with E-state index in [-0.39, 0.29) is 0 Å². The third-order valence-electron chi connectivity index (χ3n) is 4.73. The predicted molar refractivity (Wildman–Crippen MR) is 118 cm³/mol. The average molecular weight is 405 g/mol. The molecule has 0 rings (SSSR count). The Kier molecular flexibility index (Phi) is 18.1. The lowest BCUT2D eigenvalue weighted by Gasteiger charge is -2.34. The maximum Gasteiger partial charge on any atom is 0.484 e. The van der Waals surface area contributed by atoms with Crippen LogP contribution in [0.3, 0.4) is 0 Å². The Labute approximate surface area is 171 Å². The van der Waals surface area contributed by atoms with Gasteiger partial charge in [0, 0.05) is 32.9 Å². The molecule has 2 unspecified atom stereocenters. The van der Waals surface area contributed by atoms with Crippen LogP contribution in [0.25, 0.3) is 0 Å². The van der Waals surface area contributed by atoms with Gasteiger partial charge < -0.3 is 23.1 Å². The van der Waals surface area contributed by atoms with Crippen molar-refractivity contribution in [3.63, 3.8) is 0 Å². The Hall–Kier alpha value is 0.0169. The summed E-state index contributed by atoms with van der Waals surface area (Å²) < 4.78 is 18.1. The van der Waals surface area contributed by atoms with Gasteiger partial charge >= 0.3 is 9.53 Å². The molecule has 0 radical (unpaired) electrons. The van der Waals surface area contributed by atoms with E-state index in [9.17, 15) is 0 Å². The monoisotopic (exact) mass is 404 g/mol. The lowest BCUT2D eigenvalue weighted by molar-refractivity contribution is 0.0525. The summed E-state index contributed by atoms with van der Waals surface area (Å²) in [5.74, 6) is 1.14. The largest absolute Gasteiger partial charge is 0.484 e. The van der Waals surface area contributed by atoms with Crippen LogP contribution in [-0.4, -0.2) is 79.4 Å². The Morgan fingerprint density at radius 3 is 1.67 bits per heavy atom. The summed E-state index contributed by atoms with van der Waals surface area (Å²) in [6, 6.07) is 0. The Bertz CT molecular complexity index is 308. The molecule has 0 bridgehead atoms. The van der Waals surface area contributed by atoms with E-state index in [0.29, 0.717) is 11.8 Å². The van der Waals surface area contributed by atoms with Gasteiger partial charge in [-0.25, -0.2) is 0 Å². The van der Waals surface area contributed by atoms with Crippen molar-refractivity contribution in [2.75, 3.05) is 60.1 Å². The van der Waals surface area contributed by atoms with E-state index in [4.69, 9.17) is 13.3 Å². The smallest absolute Gasteiger partial charge is 0.376 e. The first-order valence-electron chi connectivity index (χ1n) is 11.2. The Balaban J connectivity index is 5.00. The van der Waals surface area contributed by atoms with Crippen molar-refractivity contribution in [2.24, 2.45) is 11.8 Å². The van der Waals surface area contributed by atoms with Crippen molar-refractivity contribution in [3.8, 4) is 0 Å². The summed E-state index contributed by atoms with van der Waals surface area (Å²) in [6.07, 6.45) is 5.59. The second-order valence-electron chi connectivity index (χ2n) is 7.85. The molecule has 0 heterocycles. The predicted octanol–water partition coefficient (Wildman–Crippen LogP) is 3.90. The fourth-order valence-electron chi connectivity index (χ4n) is 3.45. The Morgan fingerprint density at radius 1 is 0.704 bits per heavy atom. The van der Waals surface area contributed by atoms with Crippen LogP contribution in [0, 0.1) is 11.8 Å². The van der Waals surface area contributed by atoms with Crippen molar-refractivity contribution < 1.29 is 13.3 Å². The molecule has 0 aromatic heterocycles. The number of nitrogens with zero attached hydrogens (tertiary/aromatic N) is 2. The molecular weight excluding hydrogens is 356 g/mol. The van der Waals surface area contributed by atoms with E-state index >= 15 is 0 Å². The first kappa shape index (κ1) is 27.0. The third kappa shape index (κ3) is 13.8. The van der Waals surface area contributed by atoms with E-state index in [1.54, 1.807) is 0 Å². The highest BCUT2D eigenvalue weighted by molar-refractivity contribution is 6.36. The van der Waals surface area contributed by atoms with Gasteiger partial charge in [0.15, 0.2) is 0 Å². The highest BCUT2D eigenvalue weighted by Gasteiger charge is 2.26. The van der Waals surface area contributed by atoms with E-state index in [0.717, 1.165) is 45.8 Å². The van der Waals surface area contributed by atoms with Gasteiger partial charge in [0.2, 0.25) is 0 Å². The number of hydrogen-bond donors (Lipinski definition) is 0. The van der Waals surface area contributed by atoms with Gasteiger partial charge in [0.05, 0.1) is 0 Å². The summed E-state index contributed by atoms with van der Waals surface area (Å²) >= 11 is 0. The van der Waals surface area contributed by atoms with Crippen LogP contribution in [0.1, 0.15) is 66.7 Å². The Morgan fingerprint density at radius 2 is 1.26 bits per heavy atom. The molecule has 0 spiro atoms. The number of hydrogen-bond acceptors (Lipinski definition) is 5. The molecule has 0 saturated heterocycles. The van der Waals surface area contributed by atoms with E-state index in [2.05, 4.69) is 58.5 Å². The third-order valence-corrected chi connectivity index (χ3v) is 6.21. The van der Waals surface area contributed by atoms with Crippen molar-refractivity contribution in [1.29, 1.82) is 0 Å². The van der Waals surface area contributed by atoms with Crippen LogP contribution < -0.4 is 0 Å². The molecule has 2 atom stereocenters. The molecule has 0 saturated carbocycles. The quantitative estimate of drug-likeness (QED) is 0.305. The van der Waals surface area contributed by atoms with Crippen LogP contribution >= 0.6 is 0 Å². The van der Waals surface area contributed by atoms with Gasteiger partial charge in [-0.05, 0) is 64.7 Å². The van der Waals surface area contributed by atoms with Crippen molar-refractivity contribution in [1.82, 2.24) is 9.80 Å². The second kappa shape index (κ2) is 18.1. The SMILES string of the molecule is CCCO[SiH](OCCC)OCC(CN(CCC)CCC)C(CC)CN(C)C. The van der Waals surface area contributed by atoms with Crippen molar-refractivity contribution in [2.45, 2.75) is 66.7 Å². The highest BCUT2D eigenvalue weighted by atomic mass is 28.3. The molecule has 0 amide bonds. The van der Waals surface area contributed by atoms with Crippen LogP contribution in [0.4, 0.5) is 0 Å². The van der Waals surface area contributed by atoms with Crippen LogP contribution in [0.5, 0.6) is 0 Å². The highest BCUT2D eigenvalue weighted by Crippen LogP contribution is 2.20. The van der Waals surface area contributed by atoms with Gasteiger partial charge in [-0.3, -0.25) is 0 Å². The molecule has 0 aromatic rings. The summed E-state index contributed by atoms with van der Waals surface area (Å²) in [5, 5.41) is 0. The number of rotatable bonds is 19. The molecule has 6 heteroatoms. The fraction of sp³-hybridized carbons (Fsp3) is 1.00. The molecular formula is C21H48N2O3Si. The molecule has 0 aliphatic heterocycles. The lowest BCUT2D eigenvalue weighted by Crippen LogP contribution is -2.41. The fourth-order valence-corrected chi connectivity index (χ4v) is 5.00. The second-order valence-corrected chi connectivity index (χ2v) is 9.43. The molecule has 0 N–H and O–H groups in total. The van der Waals surface area contributed by atoms with Crippen molar-refractivity contribution in [3.05, 3.63) is 0 Å². The molecule has 5 nitrogen and oxygen atoms in total. The van der Waals surface area contributed by atoms with Crippen LogP contribution in [-0.2, 0) is 13.3 Å². The van der Waals surface area contributed by atoms with E-state index < -0.39 is 9.53 Å². The maximum absolute atomic E-state index is 6.28.